The molecule has 2 rings (SSSR count). The lowest BCUT2D eigenvalue weighted by Gasteiger charge is -2.37. The Balaban J connectivity index is 2.03. The van der Waals surface area contributed by atoms with Crippen LogP contribution in [-0.4, -0.2) is 44.0 Å². The number of aliphatic hydroxyl groups is 1. The van der Waals surface area contributed by atoms with Crippen LogP contribution < -0.4 is 0 Å². The molecule has 1 aromatic rings. The highest BCUT2D eigenvalue weighted by atomic mass is 16.3. The lowest BCUT2D eigenvalue weighted by molar-refractivity contribution is 0.0901. The van der Waals surface area contributed by atoms with Crippen molar-refractivity contribution in [2.45, 2.75) is 51.7 Å². The summed E-state index contributed by atoms with van der Waals surface area (Å²) >= 11 is 0. The first-order valence-electron chi connectivity index (χ1n) is 6.45. The number of aliphatic hydroxyl groups excluding tert-OH is 1. The predicted octanol–water partition coefficient (Wildman–Crippen LogP) is 1.21. The average Bonchev–Trinajstić information content (AvgIpc) is 2.63. The zero-order valence-corrected chi connectivity index (χ0v) is 10.7. The number of hydrogen-bond acceptors (Lipinski definition) is 4. The minimum absolute atomic E-state index is 0.215. The van der Waals surface area contributed by atoms with E-state index in [9.17, 15) is 0 Å². The van der Waals surface area contributed by atoms with Gasteiger partial charge >= 0.3 is 0 Å². The summed E-state index contributed by atoms with van der Waals surface area (Å²) in [6.45, 7) is 5.96. The Kier molecular flexibility index (Phi) is 4.12. The maximum Gasteiger partial charge on any atom is 0.141 e. The van der Waals surface area contributed by atoms with Gasteiger partial charge in [-0.3, -0.25) is 4.90 Å². The quantitative estimate of drug-likeness (QED) is 0.809. The van der Waals surface area contributed by atoms with Gasteiger partial charge in [-0.2, -0.15) is 5.10 Å². The van der Waals surface area contributed by atoms with Gasteiger partial charge in [0.25, 0.3) is 0 Å². The molecule has 0 amide bonds. The van der Waals surface area contributed by atoms with Crippen molar-refractivity contribution < 1.29 is 5.11 Å². The number of hydrogen-bond donors (Lipinski definition) is 1. The average molecular weight is 238 g/mol. The molecule has 1 aromatic heterocycles. The van der Waals surface area contributed by atoms with E-state index in [-0.39, 0.29) is 6.61 Å². The molecule has 0 atom stereocenters. The first-order valence-corrected chi connectivity index (χ1v) is 6.45. The largest absolute Gasteiger partial charge is 0.395 e. The molecule has 1 saturated carbocycles. The fraction of sp³-hybridized carbons (Fsp3) is 0.833. The van der Waals surface area contributed by atoms with E-state index in [1.54, 1.807) is 6.33 Å². The predicted molar refractivity (Wildman–Crippen MR) is 65.5 cm³/mol. The summed E-state index contributed by atoms with van der Waals surface area (Å²) in [7, 11) is 0. The van der Waals surface area contributed by atoms with Crippen molar-refractivity contribution in [2.24, 2.45) is 0 Å². The van der Waals surface area contributed by atoms with E-state index >= 15 is 0 Å². The molecule has 0 aliphatic heterocycles. The van der Waals surface area contributed by atoms with E-state index in [1.165, 1.54) is 19.3 Å². The van der Waals surface area contributed by atoms with Crippen LogP contribution in [0.2, 0.25) is 0 Å². The van der Waals surface area contributed by atoms with Crippen molar-refractivity contribution in [3.05, 3.63) is 12.2 Å². The van der Waals surface area contributed by atoms with E-state index in [4.69, 9.17) is 5.11 Å². The SMILES string of the molecule is CC(C)n1ncnc1CN(CCO)C1CCC1. The fourth-order valence-corrected chi connectivity index (χ4v) is 2.27. The topological polar surface area (TPSA) is 54.2 Å². The Bertz CT molecular complexity index is 346. The van der Waals surface area contributed by atoms with E-state index in [1.807, 2.05) is 4.68 Å². The Morgan fingerprint density at radius 2 is 2.29 bits per heavy atom. The molecule has 0 saturated heterocycles. The molecule has 1 aliphatic rings. The number of aromatic nitrogens is 3. The second kappa shape index (κ2) is 5.60. The van der Waals surface area contributed by atoms with Gasteiger partial charge in [0.15, 0.2) is 0 Å². The van der Waals surface area contributed by atoms with E-state index in [0.29, 0.717) is 12.1 Å². The molecule has 1 fully saturated rings. The van der Waals surface area contributed by atoms with E-state index < -0.39 is 0 Å². The van der Waals surface area contributed by atoms with Crippen molar-refractivity contribution in [3.8, 4) is 0 Å². The van der Waals surface area contributed by atoms with Gasteiger partial charge in [-0.1, -0.05) is 6.42 Å². The Morgan fingerprint density at radius 1 is 1.53 bits per heavy atom. The van der Waals surface area contributed by atoms with Crippen LogP contribution in [0.1, 0.15) is 45.0 Å². The van der Waals surface area contributed by atoms with Crippen molar-refractivity contribution in [3.63, 3.8) is 0 Å². The lowest BCUT2D eigenvalue weighted by atomic mass is 9.91. The molecule has 17 heavy (non-hydrogen) atoms. The summed E-state index contributed by atoms with van der Waals surface area (Å²) in [4.78, 5) is 6.65. The highest BCUT2D eigenvalue weighted by Gasteiger charge is 2.25. The summed E-state index contributed by atoms with van der Waals surface area (Å²) < 4.78 is 1.96. The third kappa shape index (κ3) is 2.84. The molecule has 1 aliphatic carbocycles. The monoisotopic (exact) mass is 238 g/mol. The van der Waals surface area contributed by atoms with Gasteiger partial charge in [0.05, 0.1) is 13.2 Å². The van der Waals surface area contributed by atoms with E-state index in [0.717, 1.165) is 18.9 Å². The molecule has 5 heteroatoms. The Labute approximate surface area is 102 Å². The van der Waals surface area contributed by atoms with Crippen molar-refractivity contribution in [1.82, 2.24) is 19.7 Å². The van der Waals surface area contributed by atoms with Crippen molar-refractivity contribution in [2.75, 3.05) is 13.2 Å². The first kappa shape index (κ1) is 12.5. The van der Waals surface area contributed by atoms with Gasteiger partial charge in [0, 0.05) is 18.6 Å². The van der Waals surface area contributed by atoms with E-state index in [2.05, 4.69) is 28.8 Å². The van der Waals surface area contributed by atoms with Crippen LogP contribution in [0.15, 0.2) is 6.33 Å². The zero-order chi connectivity index (χ0) is 12.3. The van der Waals surface area contributed by atoms with Gasteiger partial charge < -0.3 is 5.11 Å². The molecule has 0 bridgehead atoms. The maximum atomic E-state index is 9.13. The summed E-state index contributed by atoms with van der Waals surface area (Å²) in [6, 6.07) is 0.962. The second-order valence-electron chi connectivity index (χ2n) is 4.99. The molecule has 0 radical (unpaired) electrons. The van der Waals surface area contributed by atoms with Crippen LogP contribution >= 0.6 is 0 Å². The van der Waals surface area contributed by atoms with Gasteiger partial charge in [0.2, 0.25) is 0 Å². The third-order valence-electron chi connectivity index (χ3n) is 3.46. The Morgan fingerprint density at radius 3 is 2.82 bits per heavy atom. The normalized spacial score (nSPS) is 16.8. The molecule has 1 heterocycles. The molecule has 1 N–H and O–H groups in total. The second-order valence-corrected chi connectivity index (χ2v) is 4.99. The fourth-order valence-electron chi connectivity index (χ4n) is 2.27. The summed E-state index contributed by atoms with van der Waals surface area (Å²) in [5.41, 5.74) is 0. The standard InChI is InChI=1S/C12H22N4O/c1-10(2)16-12(13-9-14-16)8-15(6-7-17)11-4-3-5-11/h9-11,17H,3-8H2,1-2H3. The molecule has 0 aromatic carbocycles. The van der Waals surface area contributed by atoms with Crippen LogP contribution in [-0.2, 0) is 6.54 Å². The maximum absolute atomic E-state index is 9.13. The van der Waals surface area contributed by atoms with Crippen LogP contribution in [0.4, 0.5) is 0 Å². The highest BCUT2D eigenvalue weighted by Crippen LogP contribution is 2.25. The highest BCUT2D eigenvalue weighted by molar-refractivity contribution is 4.90. The molecule has 96 valence electrons. The first-order chi connectivity index (χ1) is 8.22. The van der Waals surface area contributed by atoms with Crippen LogP contribution in [0.3, 0.4) is 0 Å². The Hall–Kier alpha value is -0.940. The van der Waals surface area contributed by atoms with Gasteiger partial charge in [-0.05, 0) is 26.7 Å². The van der Waals surface area contributed by atoms with Gasteiger partial charge in [-0.15, -0.1) is 0 Å². The molecular weight excluding hydrogens is 216 g/mol. The molecular formula is C12H22N4O. The van der Waals surface area contributed by atoms with Gasteiger partial charge in [-0.25, -0.2) is 9.67 Å². The minimum atomic E-state index is 0.215. The number of rotatable bonds is 6. The van der Waals surface area contributed by atoms with Crippen LogP contribution in [0, 0.1) is 0 Å². The lowest BCUT2D eigenvalue weighted by Crippen LogP contribution is -2.41. The zero-order valence-electron chi connectivity index (χ0n) is 10.7. The summed E-state index contributed by atoms with van der Waals surface area (Å²) in [5, 5.41) is 13.4. The smallest absolute Gasteiger partial charge is 0.141 e. The number of nitrogens with zero attached hydrogens (tertiary/aromatic N) is 4. The third-order valence-corrected chi connectivity index (χ3v) is 3.46. The molecule has 0 spiro atoms. The van der Waals surface area contributed by atoms with Crippen molar-refractivity contribution in [1.29, 1.82) is 0 Å². The summed E-state index contributed by atoms with van der Waals surface area (Å²) in [5.74, 6) is 1.00. The molecule has 5 nitrogen and oxygen atoms in total. The van der Waals surface area contributed by atoms with Crippen LogP contribution in [0.5, 0.6) is 0 Å². The molecule has 0 unspecified atom stereocenters. The van der Waals surface area contributed by atoms with Crippen molar-refractivity contribution >= 4 is 0 Å². The van der Waals surface area contributed by atoms with Crippen LogP contribution in [0.25, 0.3) is 0 Å². The summed E-state index contributed by atoms with van der Waals surface area (Å²) in [6.07, 6.45) is 5.42. The minimum Gasteiger partial charge on any atom is -0.395 e. The van der Waals surface area contributed by atoms with Gasteiger partial charge in [0.1, 0.15) is 12.2 Å².